The average Bonchev–Trinajstić information content (AvgIpc) is 1.65. The van der Waals surface area contributed by atoms with E-state index in [-0.39, 0.29) is 12.6 Å². The minimum atomic E-state index is -0.236. The molecule has 0 saturated carbocycles. The van der Waals surface area contributed by atoms with Crippen LogP contribution in [0.15, 0.2) is 12.2 Å². The van der Waals surface area contributed by atoms with Crippen LogP contribution in [0.1, 0.15) is 6.92 Å². The monoisotopic (exact) mass is 101 g/mol. The van der Waals surface area contributed by atoms with Gasteiger partial charge in [0.25, 0.3) is 0 Å². The molecular weight excluding hydrogens is 90.1 g/mol. The third kappa shape index (κ3) is 2.37. The molecule has 0 saturated heterocycles. The Hall–Kier alpha value is -0.340. The summed E-state index contributed by atoms with van der Waals surface area (Å²) in [4.78, 5) is 0. The van der Waals surface area contributed by atoms with Crippen molar-refractivity contribution in [3.63, 3.8) is 0 Å². The summed E-state index contributed by atoms with van der Waals surface area (Å²) in [6.07, 6.45) is 0. The number of aliphatic hydroxyl groups excluding tert-OH is 1. The molecular formula is C5H11NO. The molecule has 0 amide bonds. The van der Waals surface area contributed by atoms with E-state index in [4.69, 9.17) is 10.8 Å². The summed E-state index contributed by atoms with van der Waals surface area (Å²) in [5.74, 6) is 0. The van der Waals surface area contributed by atoms with Gasteiger partial charge in [0, 0.05) is 6.04 Å². The van der Waals surface area contributed by atoms with Gasteiger partial charge in [-0.2, -0.15) is 0 Å². The van der Waals surface area contributed by atoms with E-state index in [1.807, 2.05) is 0 Å². The Morgan fingerprint density at radius 3 is 2.43 bits per heavy atom. The maximum Gasteiger partial charge on any atom is 0.0620 e. The lowest BCUT2D eigenvalue weighted by atomic mass is 10.2. The minimum absolute atomic E-state index is 0.00463. The predicted octanol–water partition coefficient (Wildman–Crippen LogP) is -0.118. The van der Waals surface area contributed by atoms with Crippen LogP contribution in [0.4, 0.5) is 0 Å². The van der Waals surface area contributed by atoms with Crippen molar-refractivity contribution in [1.29, 1.82) is 0 Å². The fourth-order valence-corrected chi connectivity index (χ4v) is 0.156. The molecule has 0 aromatic rings. The molecule has 0 aliphatic carbocycles. The van der Waals surface area contributed by atoms with Gasteiger partial charge in [-0.1, -0.05) is 12.2 Å². The average molecular weight is 101 g/mol. The highest BCUT2D eigenvalue weighted by molar-refractivity contribution is 4.98. The first-order valence-electron chi connectivity index (χ1n) is 2.20. The van der Waals surface area contributed by atoms with Gasteiger partial charge in [0.1, 0.15) is 0 Å². The normalized spacial score (nSPS) is 13.6. The van der Waals surface area contributed by atoms with Gasteiger partial charge < -0.3 is 10.8 Å². The fourth-order valence-electron chi connectivity index (χ4n) is 0.156. The molecule has 0 aliphatic heterocycles. The Balaban J connectivity index is 3.34. The standard InChI is InChI=1S/C5H11NO/c1-4(2)5(6)3-7/h5,7H,1,3,6H2,2H3. The second kappa shape index (κ2) is 2.77. The lowest BCUT2D eigenvalue weighted by Crippen LogP contribution is -2.24. The molecule has 0 heterocycles. The third-order valence-corrected chi connectivity index (χ3v) is 0.830. The fraction of sp³-hybridized carbons (Fsp3) is 0.600. The van der Waals surface area contributed by atoms with Crippen LogP contribution in [0.25, 0.3) is 0 Å². The number of hydrogen-bond donors (Lipinski definition) is 2. The van der Waals surface area contributed by atoms with E-state index in [1.54, 1.807) is 6.92 Å². The summed E-state index contributed by atoms with van der Waals surface area (Å²) in [6.45, 7) is 5.33. The van der Waals surface area contributed by atoms with Crippen LogP contribution >= 0.6 is 0 Å². The van der Waals surface area contributed by atoms with Crippen LogP contribution in [0.5, 0.6) is 0 Å². The van der Waals surface area contributed by atoms with E-state index in [0.717, 1.165) is 5.57 Å². The summed E-state index contributed by atoms with van der Waals surface area (Å²) in [5, 5.41) is 8.32. The zero-order valence-corrected chi connectivity index (χ0v) is 4.52. The van der Waals surface area contributed by atoms with Gasteiger partial charge in [-0.3, -0.25) is 0 Å². The van der Waals surface area contributed by atoms with Crippen molar-refractivity contribution in [2.45, 2.75) is 13.0 Å². The second-order valence-corrected chi connectivity index (χ2v) is 1.64. The Morgan fingerprint density at radius 2 is 2.43 bits per heavy atom. The largest absolute Gasteiger partial charge is 0.394 e. The zero-order valence-electron chi connectivity index (χ0n) is 4.52. The lowest BCUT2D eigenvalue weighted by Gasteiger charge is -2.03. The van der Waals surface area contributed by atoms with E-state index < -0.39 is 0 Å². The van der Waals surface area contributed by atoms with Gasteiger partial charge in [0.15, 0.2) is 0 Å². The van der Waals surface area contributed by atoms with Gasteiger partial charge in [-0.05, 0) is 6.92 Å². The van der Waals surface area contributed by atoms with E-state index in [9.17, 15) is 0 Å². The molecule has 0 bridgehead atoms. The predicted molar refractivity (Wildman–Crippen MR) is 29.9 cm³/mol. The van der Waals surface area contributed by atoms with Crippen molar-refractivity contribution in [1.82, 2.24) is 0 Å². The first kappa shape index (κ1) is 6.66. The highest BCUT2D eigenvalue weighted by Gasteiger charge is 1.96. The molecule has 0 fully saturated rings. The number of aliphatic hydroxyl groups is 1. The molecule has 0 radical (unpaired) electrons. The molecule has 1 atom stereocenters. The van der Waals surface area contributed by atoms with Crippen LogP contribution in [-0.2, 0) is 0 Å². The molecule has 2 nitrogen and oxygen atoms in total. The maximum atomic E-state index is 8.32. The summed E-state index contributed by atoms with van der Waals surface area (Å²) < 4.78 is 0. The van der Waals surface area contributed by atoms with E-state index >= 15 is 0 Å². The summed E-state index contributed by atoms with van der Waals surface area (Å²) in [5.41, 5.74) is 6.09. The molecule has 0 aromatic heterocycles. The summed E-state index contributed by atoms with van der Waals surface area (Å²) in [7, 11) is 0. The minimum Gasteiger partial charge on any atom is -0.394 e. The SMILES string of the molecule is C=C(C)C(N)CO. The first-order chi connectivity index (χ1) is 3.18. The van der Waals surface area contributed by atoms with Gasteiger partial charge >= 0.3 is 0 Å². The van der Waals surface area contributed by atoms with Crippen molar-refractivity contribution in [2.24, 2.45) is 5.73 Å². The molecule has 0 spiro atoms. The van der Waals surface area contributed by atoms with Crippen LogP contribution in [-0.4, -0.2) is 17.8 Å². The summed E-state index contributed by atoms with van der Waals surface area (Å²) >= 11 is 0. The zero-order chi connectivity index (χ0) is 5.86. The van der Waals surface area contributed by atoms with Gasteiger partial charge in [-0.15, -0.1) is 0 Å². The highest BCUT2D eigenvalue weighted by Crippen LogP contribution is 1.89. The third-order valence-electron chi connectivity index (χ3n) is 0.830. The number of hydrogen-bond acceptors (Lipinski definition) is 2. The van der Waals surface area contributed by atoms with Gasteiger partial charge in [0.2, 0.25) is 0 Å². The smallest absolute Gasteiger partial charge is 0.0620 e. The Bertz CT molecular complexity index is 70.5. The van der Waals surface area contributed by atoms with Crippen molar-refractivity contribution in [3.05, 3.63) is 12.2 Å². The Labute approximate surface area is 43.6 Å². The van der Waals surface area contributed by atoms with E-state index in [0.29, 0.717) is 0 Å². The Kier molecular flexibility index (Phi) is 2.64. The van der Waals surface area contributed by atoms with Crippen LogP contribution < -0.4 is 5.73 Å². The van der Waals surface area contributed by atoms with Crippen molar-refractivity contribution >= 4 is 0 Å². The van der Waals surface area contributed by atoms with Crippen LogP contribution in [0.3, 0.4) is 0 Å². The molecule has 0 aliphatic rings. The van der Waals surface area contributed by atoms with E-state index in [2.05, 4.69) is 6.58 Å². The van der Waals surface area contributed by atoms with Crippen molar-refractivity contribution in [2.75, 3.05) is 6.61 Å². The molecule has 0 aromatic carbocycles. The first-order valence-corrected chi connectivity index (χ1v) is 2.20. The second-order valence-electron chi connectivity index (χ2n) is 1.64. The van der Waals surface area contributed by atoms with Crippen LogP contribution in [0, 0.1) is 0 Å². The Morgan fingerprint density at radius 1 is 2.00 bits per heavy atom. The topological polar surface area (TPSA) is 46.2 Å². The highest BCUT2D eigenvalue weighted by atomic mass is 16.3. The molecule has 42 valence electrons. The van der Waals surface area contributed by atoms with Crippen molar-refractivity contribution < 1.29 is 5.11 Å². The number of rotatable bonds is 2. The maximum absolute atomic E-state index is 8.32. The summed E-state index contributed by atoms with van der Waals surface area (Å²) in [6, 6.07) is -0.236. The van der Waals surface area contributed by atoms with Gasteiger partial charge in [0.05, 0.1) is 6.61 Å². The number of nitrogens with two attached hydrogens (primary N) is 1. The van der Waals surface area contributed by atoms with Crippen molar-refractivity contribution in [3.8, 4) is 0 Å². The van der Waals surface area contributed by atoms with Crippen LogP contribution in [0.2, 0.25) is 0 Å². The molecule has 2 heteroatoms. The quantitative estimate of drug-likeness (QED) is 0.476. The lowest BCUT2D eigenvalue weighted by molar-refractivity contribution is 0.279. The van der Waals surface area contributed by atoms with Gasteiger partial charge in [-0.25, -0.2) is 0 Å². The molecule has 0 rings (SSSR count). The molecule has 7 heavy (non-hydrogen) atoms. The van der Waals surface area contributed by atoms with E-state index in [1.165, 1.54) is 0 Å². The molecule has 1 unspecified atom stereocenters. The molecule has 3 N–H and O–H groups in total.